The van der Waals surface area contributed by atoms with Gasteiger partial charge in [-0.3, -0.25) is 4.98 Å². The quantitative estimate of drug-likeness (QED) is 0.752. The second-order valence-corrected chi connectivity index (χ2v) is 6.27. The smallest absolute Gasteiger partial charge is 0.157 e. The number of hydrogen-bond acceptors (Lipinski definition) is 5. The first kappa shape index (κ1) is 16.2. The van der Waals surface area contributed by atoms with Gasteiger partial charge in [-0.1, -0.05) is 13.8 Å². The SMILES string of the molecule is Cc1cc2nc(C(C)C)cc(NCC(C)Oc3cccnc3)n2n1. The zero-order chi connectivity index (χ0) is 17.1. The number of fused-ring (bicyclic) bond motifs is 1. The number of anilines is 1. The van der Waals surface area contributed by atoms with Crippen LogP contribution < -0.4 is 10.1 Å². The van der Waals surface area contributed by atoms with Crippen molar-refractivity contribution in [2.75, 3.05) is 11.9 Å². The maximum atomic E-state index is 5.86. The van der Waals surface area contributed by atoms with Gasteiger partial charge in [-0.15, -0.1) is 0 Å². The average molecular weight is 325 g/mol. The lowest BCUT2D eigenvalue weighted by molar-refractivity contribution is 0.233. The lowest BCUT2D eigenvalue weighted by Crippen LogP contribution is -2.24. The van der Waals surface area contributed by atoms with E-state index in [1.54, 1.807) is 12.4 Å². The van der Waals surface area contributed by atoms with Crippen LogP contribution in [0.2, 0.25) is 0 Å². The summed E-state index contributed by atoms with van der Waals surface area (Å²) in [5.41, 5.74) is 2.86. The molecule has 3 rings (SSSR count). The number of rotatable bonds is 6. The van der Waals surface area contributed by atoms with Gasteiger partial charge in [0, 0.05) is 24.0 Å². The first-order valence-corrected chi connectivity index (χ1v) is 8.21. The summed E-state index contributed by atoms with van der Waals surface area (Å²) in [6, 6.07) is 7.82. The van der Waals surface area contributed by atoms with Crippen LogP contribution >= 0.6 is 0 Å². The fourth-order valence-electron chi connectivity index (χ4n) is 2.47. The van der Waals surface area contributed by atoms with E-state index in [2.05, 4.69) is 40.3 Å². The average Bonchev–Trinajstić information content (AvgIpc) is 2.93. The van der Waals surface area contributed by atoms with Crippen molar-refractivity contribution in [3.8, 4) is 5.75 Å². The van der Waals surface area contributed by atoms with Crippen LogP contribution in [0, 0.1) is 6.92 Å². The van der Waals surface area contributed by atoms with Gasteiger partial charge in [0.25, 0.3) is 0 Å². The van der Waals surface area contributed by atoms with Crippen molar-refractivity contribution in [3.63, 3.8) is 0 Å². The molecule has 0 aromatic carbocycles. The molecule has 0 aliphatic rings. The summed E-state index contributed by atoms with van der Waals surface area (Å²) in [6.07, 6.45) is 3.45. The standard InChI is InChI=1S/C18H23N5O/c1-12(2)16-9-17(23-18(21-16)8-13(3)22-23)20-10-14(4)24-15-6-5-7-19-11-15/h5-9,11-12,14,20H,10H2,1-4H3. The Morgan fingerprint density at radius 3 is 2.79 bits per heavy atom. The van der Waals surface area contributed by atoms with Gasteiger partial charge in [-0.05, 0) is 31.9 Å². The number of aromatic nitrogens is 4. The van der Waals surface area contributed by atoms with Crippen LogP contribution in [-0.4, -0.2) is 32.2 Å². The summed E-state index contributed by atoms with van der Waals surface area (Å²) in [4.78, 5) is 8.73. The summed E-state index contributed by atoms with van der Waals surface area (Å²) in [6.45, 7) is 8.93. The maximum Gasteiger partial charge on any atom is 0.157 e. The monoisotopic (exact) mass is 325 g/mol. The molecular weight excluding hydrogens is 302 g/mol. The number of aryl methyl sites for hydroxylation is 1. The first-order chi connectivity index (χ1) is 11.5. The summed E-state index contributed by atoms with van der Waals surface area (Å²) in [5, 5.41) is 7.95. The van der Waals surface area contributed by atoms with E-state index < -0.39 is 0 Å². The molecule has 0 aliphatic heterocycles. The molecule has 6 nitrogen and oxygen atoms in total. The predicted octanol–water partition coefficient (Wildman–Crippen LogP) is 3.44. The molecule has 3 aromatic rings. The van der Waals surface area contributed by atoms with Crippen molar-refractivity contribution in [1.82, 2.24) is 19.6 Å². The Labute approximate surface area is 141 Å². The fourth-order valence-corrected chi connectivity index (χ4v) is 2.47. The summed E-state index contributed by atoms with van der Waals surface area (Å²) >= 11 is 0. The van der Waals surface area contributed by atoms with Gasteiger partial charge in [0.2, 0.25) is 0 Å². The number of hydrogen-bond donors (Lipinski definition) is 1. The number of nitrogens with one attached hydrogen (secondary N) is 1. The van der Waals surface area contributed by atoms with E-state index in [4.69, 9.17) is 4.74 Å². The molecule has 0 aliphatic carbocycles. The van der Waals surface area contributed by atoms with Crippen LogP contribution in [0.5, 0.6) is 5.75 Å². The Bertz CT molecular complexity index is 813. The zero-order valence-electron chi connectivity index (χ0n) is 14.5. The molecule has 1 atom stereocenters. The third kappa shape index (κ3) is 3.64. The van der Waals surface area contributed by atoms with Crippen molar-refractivity contribution in [1.29, 1.82) is 0 Å². The highest BCUT2D eigenvalue weighted by Gasteiger charge is 2.12. The third-order valence-corrected chi connectivity index (χ3v) is 3.70. The zero-order valence-corrected chi connectivity index (χ0v) is 14.5. The third-order valence-electron chi connectivity index (χ3n) is 3.70. The Morgan fingerprint density at radius 1 is 1.25 bits per heavy atom. The van der Waals surface area contributed by atoms with E-state index in [-0.39, 0.29) is 6.10 Å². The van der Waals surface area contributed by atoms with Gasteiger partial charge < -0.3 is 10.1 Å². The Balaban J connectivity index is 1.76. The number of pyridine rings is 1. The van der Waals surface area contributed by atoms with Gasteiger partial charge in [0.05, 0.1) is 18.4 Å². The van der Waals surface area contributed by atoms with Crippen molar-refractivity contribution in [2.45, 2.75) is 39.7 Å². The van der Waals surface area contributed by atoms with Crippen molar-refractivity contribution >= 4 is 11.5 Å². The molecule has 0 fully saturated rings. The maximum absolute atomic E-state index is 5.86. The van der Waals surface area contributed by atoms with Gasteiger partial charge in [0.15, 0.2) is 5.65 Å². The molecule has 0 saturated heterocycles. The van der Waals surface area contributed by atoms with Crippen LogP contribution in [0.4, 0.5) is 5.82 Å². The minimum atomic E-state index is -0.00317. The largest absolute Gasteiger partial charge is 0.487 e. The van der Waals surface area contributed by atoms with E-state index in [0.29, 0.717) is 12.5 Å². The van der Waals surface area contributed by atoms with Crippen LogP contribution in [0.1, 0.15) is 38.1 Å². The van der Waals surface area contributed by atoms with Crippen LogP contribution in [-0.2, 0) is 0 Å². The minimum Gasteiger partial charge on any atom is -0.487 e. The van der Waals surface area contributed by atoms with Crippen molar-refractivity contribution in [2.24, 2.45) is 0 Å². The predicted molar refractivity (Wildman–Crippen MR) is 94.6 cm³/mol. The number of nitrogens with zero attached hydrogens (tertiary/aromatic N) is 4. The molecular formula is C18H23N5O. The molecule has 0 radical (unpaired) electrons. The lowest BCUT2D eigenvalue weighted by Gasteiger charge is -2.17. The van der Waals surface area contributed by atoms with Crippen LogP contribution in [0.3, 0.4) is 0 Å². The molecule has 1 N–H and O–H groups in total. The molecule has 126 valence electrons. The van der Waals surface area contributed by atoms with E-state index in [1.165, 1.54) is 0 Å². The summed E-state index contributed by atoms with van der Waals surface area (Å²) in [5.74, 6) is 2.05. The van der Waals surface area contributed by atoms with E-state index in [0.717, 1.165) is 28.6 Å². The highest BCUT2D eigenvalue weighted by Crippen LogP contribution is 2.20. The van der Waals surface area contributed by atoms with Crippen LogP contribution in [0.15, 0.2) is 36.7 Å². The van der Waals surface area contributed by atoms with Crippen LogP contribution in [0.25, 0.3) is 5.65 Å². The first-order valence-electron chi connectivity index (χ1n) is 8.21. The normalized spacial score (nSPS) is 12.5. The molecule has 0 bridgehead atoms. The molecule has 0 amide bonds. The van der Waals surface area contributed by atoms with Crippen molar-refractivity contribution in [3.05, 3.63) is 48.0 Å². The molecule has 24 heavy (non-hydrogen) atoms. The Hall–Kier alpha value is -2.63. The molecule has 0 saturated carbocycles. The molecule has 3 aromatic heterocycles. The highest BCUT2D eigenvalue weighted by molar-refractivity contribution is 5.51. The molecule has 3 heterocycles. The van der Waals surface area contributed by atoms with E-state index >= 15 is 0 Å². The molecule has 1 unspecified atom stereocenters. The van der Waals surface area contributed by atoms with E-state index in [9.17, 15) is 0 Å². The minimum absolute atomic E-state index is 0.00317. The Morgan fingerprint density at radius 2 is 2.08 bits per heavy atom. The fraction of sp³-hybridized carbons (Fsp3) is 0.389. The van der Waals surface area contributed by atoms with Crippen molar-refractivity contribution < 1.29 is 4.74 Å². The van der Waals surface area contributed by atoms with E-state index in [1.807, 2.05) is 36.6 Å². The second-order valence-electron chi connectivity index (χ2n) is 6.27. The Kier molecular flexibility index (Phi) is 4.64. The van der Waals surface area contributed by atoms with Gasteiger partial charge in [-0.2, -0.15) is 9.61 Å². The van der Waals surface area contributed by atoms with Gasteiger partial charge >= 0.3 is 0 Å². The topological polar surface area (TPSA) is 64.3 Å². The molecule has 0 spiro atoms. The summed E-state index contributed by atoms with van der Waals surface area (Å²) in [7, 11) is 0. The van der Waals surface area contributed by atoms with Gasteiger partial charge in [-0.25, -0.2) is 4.98 Å². The summed E-state index contributed by atoms with van der Waals surface area (Å²) < 4.78 is 7.71. The second kappa shape index (κ2) is 6.86. The highest BCUT2D eigenvalue weighted by atomic mass is 16.5. The molecule has 6 heteroatoms. The lowest BCUT2D eigenvalue weighted by atomic mass is 10.1. The number of ether oxygens (including phenoxy) is 1. The van der Waals surface area contributed by atoms with Gasteiger partial charge in [0.1, 0.15) is 17.7 Å².